The van der Waals surface area contributed by atoms with Crippen LogP contribution in [0.4, 0.5) is 4.39 Å². The molecule has 1 aliphatic heterocycles. The predicted octanol–water partition coefficient (Wildman–Crippen LogP) is 3.42. The van der Waals surface area contributed by atoms with Gasteiger partial charge in [-0.25, -0.2) is 4.39 Å². The maximum Gasteiger partial charge on any atom is 0.272 e. The molecule has 0 radical (unpaired) electrons. The van der Waals surface area contributed by atoms with Crippen molar-refractivity contribution in [3.63, 3.8) is 0 Å². The number of aryl methyl sites for hydroxylation is 2. The molecule has 1 saturated heterocycles. The first-order valence-electron chi connectivity index (χ1n) is 9.70. The second-order valence-corrected chi connectivity index (χ2v) is 7.64. The number of amides is 1. The molecule has 5 nitrogen and oxygen atoms in total. The van der Waals surface area contributed by atoms with Crippen LogP contribution in [-0.4, -0.2) is 39.7 Å². The standard InChI is InChI=1S/C22H25FN4O/c1-15-11-21(25-26(15)2)22(28)24-20-7-9-27(10-8-20)14-16-3-4-18-13-19(23)6-5-17(18)12-16/h3-6,11-13,20H,7-10,14H2,1-2H3,(H,24,28). The highest BCUT2D eigenvalue weighted by Crippen LogP contribution is 2.20. The average molecular weight is 380 g/mol. The summed E-state index contributed by atoms with van der Waals surface area (Å²) < 4.78 is 15.0. The van der Waals surface area contributed by atoms with E-state index >= 15 is 0 Å². The van der Waals surface area contributed by atoms with Gasteiger partial charge in [0, 0.05) is 38.4 Å². The van der Waals surface area contributed by atoms with Gasteiger partial charge in [-0.2, -0.15) is 5.10 Å². The van der Waals surface area contributed by atoms with Crippen molar-refractivity contribution in [2.24, 2.45) is 7.05 Å². The number of halogens is 1. The van der Waals surface area contributed by atoms with Gasteiger partial charge in [-0.1, -0.05) is 18.2 Å². The number of carbonyl (C=O) groups excluding carboxylic acids is 1. The molecule has 1 N–H and O–H groups in total. The summed E-state index contributed by atoms with van der Waals surface area (Å²) in [6.45, 7) is 4.68. The first-order chi connectivity index (χ1) is 13.5. The van der Waals surface area contributed by atoms with Gasteiger partial charge in [0.2, 0.25) is 0 Å². The molecule has 1 fully saturated rings. The van der Waals surface area contributed by atoms with Crippen molar-refractivity contribution >= 4 is 16.7 Å². The van der Waals surface area contributed by atoms with Crippen LogP contribution >= 0.6 is 0 Å². The molecule has 2 aromatic carbocycles. The molecular formula is C22H25FN4O. The van der Waals surface area contributed by atoms with E-state index in [4.69, 9.17) is 0 Å². The van der Waals surface area contributed by atoms with E-state index in [1.807, 2.05) is 32.2 Å². The van der Waals surface area contributed by atoms with Gasteiger partial charge in [0.25, 0.3) is 5.91 Å². The van der Waals surface area contributed by atoms with Gasteiger partial charge in [0.15, 0.2) is 0 Å². The van der Waals surface area contributed by atoms with Crippen molar-refractivity contribution in [3.05, 3.63) is 65.2 Å². The minimum atomic E-state index is -0.203. The van der Waals surface area contributed by atoms with E-state index in [1.165, 1.54) is 11.6 Å². The minimum absolute atomic E-state index is 0.0936. The van der Waals surface area contributed by atoms with E-state index in [0.717, 1.165) is 48.9 Å². The largest absolute Gasteiger partial charge is 0.348 e. The van der Waals surface area contributed by atoms with Crippen molar-refractivity contribution in [2.45, 2.75) is 32.4 Å². The third kappa shape index (κ3) is 4.07. The summed E-state index contributed by atoms with van der Waals surface area (Å²) in [6.07, 6.45) is 1.85. The number of piperidine rings is 1. The molecule has 28 heavy (non-hydrogen) atoms. The van der Waals surface area contributed by atoms with Crippen molar-refractivity contribution in [2.75, 3.05) is 13.1 Å². The fourth-order valence-electron chi connectivity index (χ4n) is 3.79. The zero-order chi connectivity index (χ0) is 19.7. The predicted molar refractivity (Wildman–Crippen MR) is 108 cm³/mol. The Balaban J connectivity index is 1.31. The summed E-state index contributed by atoms with van der Waals surface area (Å²) >= 11 is 0. The summed E-state index contributed by atoms with van der Waals surface area (Å²) in [5, 5.41) is 9.35. The Morgan fingerprint density at radius 3 is 2.57 bits per heavy atom. The van der Waals surface area contributed by atoms with Crippen LogP contribution in [0.2, 0.25) is 0 Å². The van der Waals surface area contributed by atoms with Crippen molar-refractivity contribution in [1.29, 1.82) is 0 Å². The van der Waals surface area contributed by atoms with Gasteiger partial charge in [-0.3, -0.25) is 14.4 Å². The highest BCUT2D eigenvalue weighted by atomic mass is 19.1. The minimum Gasteiger partial charge on any atom is -0.348 e. The van der Waals surface area contributed by atoms with Crippen molar-refractivity contribution in [3.8, 4) is 0 Å². The molecule has 0 saturated carbocycles. The summed E-state index contributed by atoms with van der Waals surface area (Å²) in [7, 11) is 1.84. The van der Waals surface area contributed by atoms with Gasteiger partial charge >= 0.3 is 0 Å². The molecule has 1 amide bonds. The van der Waals surface area contributed by atoms with Crippen LogP contribution in [0.25, 0.3) is 10.8 Å². The van der Waals surface area contributed by atoms with Gasteiger partial charge in [-0.15, -0.1) is 0 Å². The normalized spacial score (nSPS) is 15.8. The number of fused-ring (bicyclic) bond motifs is 1. The third-order valence-corrected chi connectivity index (χ3v) is 5.54. The van der Waals surface area contributed by atoms with E-state index in [-0.39, 0.29) is 17.8 Å². The molecule has 0 unspecified atom stereocenters. The smallest absolute Gasteiger partial charge is 0.272 e. The van der Waals surface area contributed by atoms with Crippen LogP contribution in [0.3, 0.4) is 0 Å². The molecule has 4 rings (SSSR count). The van der Waals surface area contributed by atoms with E-state index in [2.05, 4.69) is 27.4 Å². The van der Waals surface area contributed by atoms with Gasteiger partial charge in [-0.05, 0) is 60.4 Å². The van der Waals surface area contributed by atoms with Gasteiger partial charge in [0.05, 0.1) is 0 Å². The summed E-state index contributed by atoms with van der Waals surface area (Å²) in [4.78, 5) is 14.8. The second kappa shape index (κ2) is 7.72. The Bertz CT molecular complexity index is 985. The monoisotopic (exact) mass is 380 g/mol. The summed E-state index contributed by atoms with van der Waals surface area (Å²) in [6, 6.07) is 13.1. The van der Waals surface area contributed by atoms with Gasteiger partial charge in [0.1, 0.15) is 11.5 Å². The lowest BCUT2D eigenvalue weighted by Gasteiger charge is -2.32. The number of nitrogens with one attached hydrogen (secondary N) is 1. The zero-order valence-electron chi connectivity index (χ0n) is 16.3. The number of likely N-dealkylation sites (tertiary alicyclic amines) is 1. The van der Waals surface area contributed by atoms with E-state index in [1.54, 1.807) is 10.7 Å². The molecule has 0 bridgehead atoms. The fraction of sp³-hybridized carbons (Fsp3) is 0.364. The van der Waals surface area contributed by atoms with Crippen LogP contribution in [0.5, 0.6) is 0 Å². The Morgan fingerprint density at radius 1 is 1.14 bits per heavy atom. The number of hydrogen-bond acceptors (Lipinski definition) is 3. The third-order valence-electron chi connectivity index (χ3n) is 5.54. The molecule has 2 heterocycles. The highest BCUT2D eigenvalue weighted by Gasteiger charge is 2.22. The van der Waals surface area contributed by atoms with Crippen LogP contribution in [0.1, 0.15) is 34.6 Å². The Hall–Kier alpha value is -2.73. The maximum absolute atomic E-state index is 13.3. The SMILES string of the molecule is Cc1cc(C(=O)NC2CCN(Cc3ccc4cc(F)ccc4c3)CC2)nn1C. The quantitative estimate of drug-likeness (QED) is 0.755. The van der Waals surface area contributed by atoms with E-state index in [0.29, 0.717) is 5.69 Å². The highest BCUT2D eigenvalue weighted by molar-refractivity contribution is 5.92. The number of nitrogens with zero attached hydrogens (tertiary/aromatic N) is 3. The average Bonchev–Trinajstić information content (AvgIpc) is 3.02. The number of aromatic nitrogens is 2. The number of carbonyl (C=O) groups is 1. The zero-order valence-corrected chi connectivity index (χ0v) is 16.3. The first-order valence-corrected chi connectivity index (χ1v) is 9.70. The first kappa shape index (κ1) is 18.6. The number of hydrogen-bond donors (Lipinski definition) is 1. The lowest BCUT2D eigenvalue weighted by Crippen LogP contribution is -2.44. The maximum atomic E-state index is 13.3. The van der Waals surface area contributed by atoms with Gasteiger partial charge < -0.3 is 5.32 Å². The molecule has 146 valence electrons. The fourth-order valence-corrected chi connectivity index (χ4v) is 3.79. The molecular weight excluding hydrogens is 355 g/mol. The van der Waals surface area contributed by atoms with Crippen molar-refractivity contribution < 1.29 is 9.18 Å². The second-order valence-electron chi connectivity index (χ2n) is 7.64. The molecule has 0 aliphatic carbocycles. The topological polar surface area (TPSA) is 50.2 Å². The Kier molecular flexibility index (Phi) is 5.13. The molecule has 1 aliphatic rings. The molecule has 0 atom stereocenters. The Labute approximate surface area is 164 Å². The van der Waals surface area contributed by atoms with Crippen LogP contribution < -0.4 is 5.32 Å². The number of benzene rings is 2. The molecule has 6 heteroatoms. The number of rotatable bonds is 4. The Morgan fingerprint density at radius 2 is 1.86 bits per heavy atom. The van der Waals surface area contributed by atoms with Crippen LogP contribution in [0, 0.1) is 12.7 Å². The van der Waals surface area contributed by atoms with E-state index in [9.17, 15) is 9.18 Å². The van der Waals surface area contributed by atoms with Crippen molar-refractivity contribution in [1.82, 2.24) is 20.0 Å². The summed E-state index contributed by atoms with van der Waals surface area (Å²) in [5.41, 5.74) is 2.68. The summed E-state index contributed by atoms with van der Waals surface area (Å²) in [5.74, 6) is -0.297. The molecule has 3 aromatic rings. The van der Waals surface area contributed by atoms with E-state index < -0.39 is 0 Å². The lowest BCUT2D eigenvalue weighted by molar-refractivity contribution is 0.0903. The van der Waals surface area contributed by atoms with Crippen LogP contribution in [-0.2, 0) is 13.6 Å². The molecule has 1 aromatic heterocycles. The lowest BCUT2D eigenvalue weighted by atomic mass is 10.0. The van der Waals surface area contributed by atoms with Crippen LogP contribution in [0.15, 0.2) is 42.5 Å². The molecule has 0 spiro atoms.